The first-order valence-electron chi connectivity index (χ1n) is 8.33. The number of hydrogen-bond donors (Lipinski definition) is 1. The molecule has 0 saturated carbocycles. The number of carboxylic acids is 1. The van der Waals surface area contributed by atoms with Crippen molar-refractivity contribution in [3.8, 4) is 0 Å². The highest BCUT2D eigenvalue weighted by molar-refractivity contribution is 6.42. The summed E-state index contributed by atoms with van der Waals surface area (Å²) in [4.78, 5) is 25.2. The lowest BCUT2D eigenvalue weighted by Crippen LogP contribution is -2.40. The highest BCUT2D eigenvalue weighted by Crippen LogP contribution is 2.35. The van der Waals surface area contributed by atoms with Crippen molar-refractivity contribution in [2.75, 3.05) is 19.7 Å². The lowest BCUT2D eigenvalue weighted by atomic mass is 9.92. The van der Waals surface area contributed by atoms with E-state index in [-0.39, 0.29) is 19.6 Å². The van der Waals surface area contributed by atoms with Crippen molar-refractivity contribution >= 4 is 35.3 Å². The monoisotopic (exact) mass is 403 g/mol. The average molecular weight is 404 g/mol. The molecular weight excluding hydrogens is 381 g/mol. The van der Waals surface area contributed by atoms with Crippen molar-refractivity contribution < 1.29 is 24.2 Å². The molecule has 1 aliphatic heterocycles. The highest BCUT2D eigenvalue weighted by atomic mass is 35.5. The molecule has 0 aliphatic carbocycles. The molecule has 1 amide bonds. The molecule has 1 saturated heterocycles. The van der Waals surface area contributed by atoms with Crippen molar-refractivity contribution in [1.82, 2.24) is 4.90 Å². The number of carbonyl (C=O) groups excluding carboxylic acids is 1. The van der Waals surface area contributed by atoms with Crippen LogP contribution in [-0.2, 0) is 14.3 Å². The van der Waals surface area contributed by atoms with E-state index in [1.165, 1.54) is 4.90 Å². The number of carbonyl (C=O) groups is 2. The molecule has 1 aromatic carbocycles. The largest absolute Gasteiger partial charge is 0.481 e. The number of hydrogen-bond acceptors (Lipinski definition) is 4. The van der Waals surface area contributed by atoms with Crippen molar-refractivity contribution in [3.63, 3.8) is 0 Å². The molecule has 8 heteroatoms. The van der Waals surface area contributed by atoms with Gasteiger partial charge in [0.05, 0.1) is 29.2 Å². The lowest BCUT2D eigenvalue weighted by Gasteiger charge is -2.29. The van der Waals surface area contributed by atoms with E-state index in [2.05, 4.69) is 0 Å². The molecule has 6 nitrogen and oxygen atoms in total. The smallest absolute Gasteiger partial charge is 0.410 e. The molecule has 1 aliphatic rings. The summed E-state index contributed by atoms with van der Waals surface area (Å²) >= 11 is 12.1. The van der Waals surface area contributed by atoms with E-state index < -0.39 is 29.7 Å². The van der Waals surface area contributed by atoms with Gasteiger partial charge in [-0.25, -0.2) is 4.79 Å². The van der Waals surface area contributed by atoms with E-state index in [4.69, 9.17) is 32.7 Å². The van der Waals surface area contributed by atoms with Crippen LogP contribution in [-0.4, -0.2) is 47.4 Å². The second kappa shape index (κ2) is 8.46. The van der Waals surface area contributed by atoms with Gasteiger partial charge >= 0.3 is 12.1 Å². The number of aliphatic carboxylic acids is 1. The summed E-state index contributed by atoms with van der Waals surface area (Å²) in [7, 11) is 0. The van der Waals surface area contributed by atoms with Crippen molar-refractivity contribution in [2.45, 2.75) is 38.9 Å². The van der Waals surface area contributed by atoms with Crippen LogP contribution in [0.15, 0.2) is 18.2 Å². The second-order valence-electron chi connectivity index (χ2n) is 7.25. The summed E-state index contributed by atoms with van der Waals surface area (Å²) < 4.78 is 11.3. The van der Waals surface area contributed by atoms with E-state index in [0.29, 0.717) is 16.6 Å². The Kier molecular flexibility index (Phi) is 6.77. The van der Waals surface area contributed by atoms with E-state index in [0.717, 1.165) is 5.56 Å². The summed E-state index contributed by atoms with van der Waals surface area (Å²) in [6.07, 6.45) is -1.14. The molecule has 1 heterocycles. The highest BCUT2D eigenvalue weighted by Gasteiger charge is 2.34. The number of rotatable bonds is 3. The van der Waals surface area contributed by atoms with Gasteiger partial charge in [-0.15, -0.1) is 0 Å². The molecule has 0 unspecified atom stereocenters. The molecule has 2 atom stereocenters. The van der Waals surface area contributed by atoms with Crippen LogP contribution in [0.1, 0.15) is 38.9 Å². The van der Waals surface area contributed by atoms with Crippen LogP contribution in [0, 0.1) is 5.92 Å². The van der Waals surface area contributed by atoms with Crippen LogP contribution in [0.4, 0.5) is 4.79 Å². The van der Waals surface area contributed by atoms with Crippen LogP contribution in [0.25, 0.3) is 0 Å². The Bertz CT molecular complexity index is 674. The first-order valence-corrected chi connectivity index (χ1v) is 9.08. The van der Waals surface area contributed by atoms with E-state index >= 15 is 0 Å². The Labute approximate surface area is 163 Å². The minimum Gasteiger partial charge on any atom is -0.481 e. The first kappa shape index (κ1) is 20.8. The number of carboxylic acid groups (broad SMARTS) is 1. The standard InChI is InChI=1S/C18H23Cl2NO5/c1-18(2,3)26-17(24)21-6-7-25-16(12(10-21)9-15(22)23)11-4-5-13(19)14(20)8-11/h4-5,8,12,16H,6-7,9-10H2,1-3H3,(H,22,23)/t12-,16+/m1/s1. The molecule has 26 heavy (non-hydrogen) atoms. The Morgan fingerprint density at radius 1 is 1.31 bits per heavy atom. The number of benzene rings is 1. The third-order valence-electron chi connectivity index (χ3n) is 3.90. The molecule has 0 bridgehead atoms. The van der Waals surface area contributed by atoms with Crippen LogP contribution < -0.4 is 0 Å². The maximum absolute atomic E-state index is 12.4. The van der Waals surface area contributed by atoms with Gasteiger partial charge in [-0.3, -0.25) is 4.79 Å². The SMILES string of the molecule is CC(C)(C)OC(=O)N1CCO[C@@H](c2ccc(Cl)c(Cl)c2)[C@H](CC(=O)O)C1. The number of halogens is 2. The average Bonchev–Trinajstić information content (AvgIpc) is 2.70. The Morgan fingerprint density at radius 3 is 2.58 bits per heavy atom. The van der Waals surface area contributed by atoms with Crippen molar-refractivity contribution in [1.29, 1.82) is 0 Å². The molecule has 2 rings (SSSR count). The van der Waals surface area contributed by atoms with Gasteiger partial charge in [-0.05, 0) is 38.5 Å². The topological polar surface area (TPSA) is 76.1 Å². The lowest BCUT2D eigenvalue weighted by molar-refractivity contribution is -0.139. The van der Waals surface area contributed by atoms with Gasteiger partial charge in [-0.2, -0.15) is 0 Å². The fraction of sp³-hybridized carbons (Fsp3) is 0.556. The maximum atomic E-state index is 12.4. The zero-order valence-electron chi connectivity index (χ0n) is 15.0. The molecule has 1 fully saturated rings. The molecule has 0 aromatic heterocycles. The van der Waals surface area contributed by atoms with Gasteiger partial charge in [0.25, 0.3) is 0 Å². The molecule has 0 spiro atoms. The zero-order chi connectivity index (χ0) is 19.5. The predicted octanol–water partition coefficient (Wildman–Crippen LogP) is 4.39. The van der Waals surface area contributed by atoms with E-state index in [1.807, 2.05) is 0 Å². The Balaban J connectivity index is 2.25. The first-order chi connectivity index (χ1) is 12.1. The van der Waals surface area contributed by atoms with Crippen LogP contribution >= 0.6 is 23.2 Å². The molecule has 1 N–H and O–H groups in total. The normalized spacial score (nSPS) is 21.2. The predicted molar refractivity (Wildman–Crippen MR) is 98.7 cm³/mol. The minimum absolute atomic E-state index is 0.149. The van der Waals surface area contributed by atoms with Crippen molar-refractivity contribution in [3.05, 3.63) is 33.8 Å². The maximum Gasteiger partial charge on any atom is 0.410 e. The van der Waals surface area contributed by atoms with Gasteiger partial charge in [-0.1, -0.05) is 29.3 Å². The van der Waals surface area contributed by atoms with Crippen LogP contribution in [0.5, 0.6) is 0 Å². The second-order valence-corrected chi connectivity index (χ2v) is 8.06. The Hall–Kier alpha value is -1.50. The molecular formula is C18H23Cl2NO5. The summed E-state index contributed by atoms with van der Waals surface area (Å²) in [5.74, 6) is -1.41. The third-order valence-corrected chi connectivity index (χ3v) is 4.64. The van der Waals surface area contributed by atoms with Gasteiger partial charge in [0.2, 0.25) is 0 Å². The van der Waals surface area contributed by atoms with Crippen molar-refractivity contribution in [2.24, 2.45) is 5.92 Å². The fourth-order valence-corrected chi connectivity index (χ4v) is 3.15. The fourth-order valence-electron chi connectivity index (χ4n) is 2.84. The summed E-state index contributed by atoms with van der Waals surface area (Å²) in [5.41, 5.74) is 0.104. The van der Waals surface area contributed by atoms with Gasteiger partial charge in [0, 0.05) is 19.0 Å². The van der Waals surface area contributed by atoms with Gasteiger partial charge in [0.15, 0.2) is 0 Å². The number of ether oxygens (including phenoxy) is 2. The summed E-state index contributed by atoms with van der Waals surface area (Å²) in [6, 6.07) is 5.08. The van der Waals surface area contributed by atoms with Gasteiger partial charge < -0.3 is 19.5 Å². The summed E-state index contributed by atoms with van der Waals surface area (Å²) in [6.45, 7) is 6.15. The number of amides is 1. The molecule has 1 aromatic rings. The van der Waals surface area contributed by atoms with E-state index in [1.54, 1.807) is 39.0 Å². The quantitative estimate of drug-likeness (QED) is 0.809. The third kappa shape index (κ3) is 5.76. The van der Waals surface area contributed by atoms with Crippen LogP contribution in [0.2, 0.25) is 10.0 Å². The zero-order valence-corrected chi connectivity index (χ0v) is 16.5. The summed E-state index contributed by atoms with van der Waals surface area (Å²) in [5, 5.41) is 10.1. The number of nitrogens with zero attached hydrogens (tertiary/aromatic N) is 1. The molecule has 0 radical (unpaired) electrons. The van der Waals surface area contributed by atoms with E-state index in [9.17, 15) is 14.7 Å². The minimum atomic E-state index is -0.963. The Morgan fingerprint density at radius 2 is 2.00 bits per heavy atom. The van der Waals surface area contributed by atoms with Gasteiger partial charge in [0.1, 0.15) is 5.60 Å². The van der Waals surface area contributed by atoms with Crippen LogP contribution in [0.3, 0.4) is 0 Å². The molecule has 144 valence electrons.